The molecule has 1 unspecified atom stereocenters. The van der Waals surface area contributed by atoms with Crippen LogP contribution >= 0.6 is 0 Å². The van der Waals surface area contributed by atoms with Crippen molar-refractivity contribution in [2.45, 2.75) is 63.8 Å². The molecule has 7 nitrogen and oxygen atoms in total. The molecular weight excluding hydrogens is 428 g/mol. The first-order chi connectivity index (χ1) is 16.7. The highest BCUT2D eigenvalue weighted by molar-refractivity contribution is 5.75. The number of rotatable bonds is 6. The number of hydrogen-bond acceptors (Lipinski definition) is 4. The Hall–Kier alpha value is -3.06. The number of carbonyl (C=O) groups is 1. The van der Waals surface area contributed by atoms with Gasteiger partial charge in [0.1, 0.15) is 6.61 Å². The molecule has 2 fully saturated rings. The van der Waals surface area contributed by atoms with Gasteiger partial charge in [-0.3, -0.25) is 9.47 Å². The van der Waals surface area contributed by atoms with Crippen LogP contribution in [0.4, 0.5) is 4.79 Å². The van der Waals surface area contributed by atoms with Crippen LogP contribution in [-0.4, -0.2) is 39.8 Å². The minimum Gasteiger partial charge on any atom is -0.445 e. The topological polar surface area (TPSA) is 79.4 Å². The van der Waals surface area contributed by atoms with Gasteiger partial charge in [0.05, 0.1) is 17.2 Å². The predicted octanol–water partition coefficient (Wildman–Crippen LogP) is 4.80. The highest BCUT2D eigenvalue weighted by Gasteiger charge is 2.34. The molecule has 2 N–H and O–H groups in total. The van der Waals surface area contributed by atoms with Crippen LogP contribution < -0.4 is 11.0 Å². The molecule has 5 rings (SSSR count). The zero-order valence-corrected chi connectivity index (χ0v) is 19.6. The molecule has 2 heterocycles. The summed E-state index contributed by atoms with van der Waals surface area (Å²) in [4.78, 5) is 30.8. The number of aromatic amines is 1. The summed E-state index contributed by atoms with van der Waals surface area (Å²) in [5, 5.41) is 3.21. The van der Waals surface area contributed by atoms with E-state index in [1.807, 2.05) is 59.2 Å². The number of para-hydroxylation sites is 2. The molecular formula is C27H34N4O3. The number of carbonyl (C=O) groups excluding carboxylic acids is 1. The first-order valence-electron chi connectivity index (χ1n) is 12.6. The fourth-order valence-corrected chi connectivity index (χ4v) is 5.70. The van der Waals surface area contributed by atoms with E-state index in [0.717, 1.165) is 55.4 Å². The molecule has 2 aromatic carbocycles. The quantitative estimate of drug-likeness (QED) is 0.552. The standard InChI is InChI=1S/C27H34N4O3/c32-26-28-23-13-7-8-14-24(23)31(26)22-15-17-30(18-16-22)25(21-11-5-2-6-12-21)29-27(33)34-19-20-9-3-1-4-10-20/h1,3-4,7-10,13-14,21-22,25H,2,5-6,11-12,15-19H2,(H,28,32)(H,29,33). The first kappa shape index (κ1) is 22.7. The summed E-state index contributed by atoms with van der Waals surface area (Å²) in [6, 6.07) is 17.8. The van der Waals surface area contributed by atoms with Crippen molar-refractivity contribution in [1.29, 1.82) is 0 Å². The number of likely N-dealkylation sites (tertiary alicyclic amines) is 1. The molecule has 0 bridgehead atoms. The molecule has 180 valence electrons. The van der Waals surface area contributed by atoms with Gasteiger partial charge in [-0.25, -0.2) is 9.59 Å². The Balaban J connectivity index is 1.25. The third-order valence-corrected chi connectivity index (χ3v) is 7.46. The average Bonchev–Trinajstić information content (AvgIpc) is 3.23. The fourth-order valence-electron chi connectivity index (χ4n) is 5.70. The van der Waals surface area contributed by atoms with E-state index >= 15 is 0 Å². The third kappa shape index (κ3) is 5.04. The number of imidazole rings is 1. The maximum Gasteiger partial charge on any atom is 0.408 e. The van der Waals surface area contributed by atoms with Gasteiger partial charge in [-0.15, -0.1) is 0 Å². The fraction of sp³-hybridized carbons (Fsp3) is 0.481. The van der Waals surface area contributed by atoms with Crippen LogP contribution in [0.15, 0.2) is 59.4 Å². The van der Waals surface area contributed by atoms with Gasteiger partial charge in [0.15, 0.2) is 0 Å². The molecule has 1 saturated heterocycles. The molecule has 0 radical (unpaired) electrons. The second-order valence-corrected chi connectivity index (χ2v) is 9.63. The van der Waals surface area contributed by atoms with E-state index in [1.54, 1.807) is 0 Å². The number of alkyl carbamates (subject to hydrolysis) is 1. The number of fused-ring (bicyclic) bond motifs is 1. The van der Waals surface area contributed by atoms with Crippen molar-refractivity contribution in [3.8, 4) is 0 Å². The Kier molecular flexibility index (Phi) is 7.00. The van der Waals surface area contributed by atoms with Crippen molar-refractivity contribution in [1.82, 2.24) is 19.8 Å². The summed E-state index contributed by atoms with van der Waals surface area (Å²) in [5.74, 6) is 0.436. The van der Waals surface area contributed by atoms with Crippen LogP contribution in [0.25, 0.3) is 11.0 Å². The van der Waals surface area contributed by atoms with Crippen LogP contribution in [0, 0.1) is 5.92 Å². The minimum atomic E-state index is -0.352. The summed E-state index contributed by atoms with van der Waals surface area (Å²) in [7, 11) is 0. The van der Waals surface area contributed by atoms with E-state index in [0.29, 0.717) is 5.92 Å². The van der Waals surface area contributed by atoms with Gasteiger partial charge in [0.2, 0.25) is 0 Å². The second-order valence-electron chi connectivity index (χ2n) is 9.63. The lowest BCUT2D eigenvalue weighted by Gasteiger charge is -2.42. The molecule has 1 aromatic heterocycles. The molecule has 1 atom stereocenters. The predicted molar refractivity (Wildman–Crippen MR) is 133 cm³/mol. The van der Waals surface area contributed by atoms with E-state index in [4.69, 9.17) is 4.74 Å². The molecule has 3 aromatic rings. The Bertz CT molecular complexity index is 1140. The molecule has 1 aliphatic heterocycles. The summed E-state index contributed by atoms with van der Waals surface area (Å²) in [5.41, 5.74) is 2.80. The summed E-state index contributed by atoms with van der Waals surface area (Å²) < 4.78 is 7.48. The first-order valence-corrected chi connectivity index (χ1v) is 12.6. The Morgan fingerprint density at radius 2 is 1.68 bits per heavy atom. The van der Waals surface area contributed by atoms with Gasteiger partial charge < -0.3 is 15.0 Å². The molecule has 0 spiro atoms. The average molecular weight is 463 g/mol. The van der Waals surface area contributed by atoms with E-state index in [-0.39, 0.29) is 30.6 Å². The lowest BCUT2D eigenvalue weighted by molar-refractivity contribution is 0.0505. The van der Waals surface area contributed by atoms with Crippen LogP contribution in [0.1, 0.15) is 56.6 Å². The smallest absolute Gasteiger partial charge is 0.408 e. The largest absolute Gasteiger partial charge is 0.445 e. The number of ether oxygens (including phenoxy) is 1. The monoisotopic (exact) mass is 462 g/mol. The second kappa shape index (κ2) is 10.5. The number of amides is 1. The Morgan fingerprint density at radius 3 is 2.44 bits per heavy atom. The van der Waals surface area contributed by atoms with E-state index in [1.165, 1.54) is 19.3 Å². The van der Waals surface area contributed by atoms with Crippen LogP contribution in [0.3, 0.4) is 0 Å². The Labute approximate surface area is 200 Å². The van der Waals surface area contributed by atoms with Gasteiger partial charge in [-0.2, -0.15) is 0 Å². The van der Waals surface area contributed by atoms with Crippen LogP contribution in [0.5, 0.6) is 0 Å². The van der Waals surface area contributed by atoms with Crippen molar-refractivity contribution in [2.24, 2.45) is 5.92 Å². The van der Waals surface area contributed by atoms with Gasteiger partial charge in [0, 0.05) is 19.1 Å². The molecule has 1 amide bonds. The molecule has 1 saturated carbocycles. The molecule has 34 heavy (non-hydrogen) atoms. The van der Waals surface area contributed by atoms with Crippen molar-refractivity contribution in [3.05, 3.63) is 70.6 Å². The third-order valence-electron chi connectivity index (χ3n) is 7.46. The number of H-pyrrole nitrogens is 1. The van der Waals surface area contributed by atoms with Gasteiger partial charge in [-0.1, -0.05) is 61.7 Å². The highest BCUT2D eigenvalue weighted by atomic mass is 16.5. The summed E-state index contributed by atoms with van der Waals surface area (Å²) in [6.07, 6.45) is 7.34. The van der Waals surface area contributed by atoms with Gasteiger partial charge in [-0.05, 0) is 49.3 Å². The minimum absolute atomic E-state index is 0.0239. The normalized spacial score (nSPS) is 19.2. The summed E-state index contributed by atoms with van der Waals surface area (Å²) >= 11 is 0. The Morgan fingerprint density at radius 1 is 0.971 bits per heavy atom. The molecule has 1 aliphatic carbocycles. The maximum absolute atomic E-state index is 12.7. The van der Waals surface area contributed by atoms with Crippen molar-refractivity contribution >= 4 is 17.1 Å². The number of benzene rings is 2. The number of hydrogen-bond donors (Lipinski definition) is 2. The lowest BCUT2D eigenvalue weighted by Crippen LogP contribution is -2.55. The van der Waals surface area contributed by atoms with Crippen molar-refractivity contribution in [3.63, 3.8) is 0 Å². The van der Waals surface area contributed by atoms with Gasteiger partial charge >= 0.3 is 11.8 Å². The van der Waals surface area contributed by atoms with E-state index in [2.05, 4.69) is 15.2 Å². The number of nitrogens with zero attached hydrogens (tertiary/aromatic N) is 2. The van der Waals surface area contributed by atoms with Crippen molar-refractivity contribution < 1.29 is 9.53 Å². The number of aromatic nitrogens is 2. The number of nitrogens with one attached hydrogen (secondary N) is 2. The van der Waals surface area contributed by atoms with Crippen LogP contribution in [0.2, 0.25) is 0 Å². The highest BCUT2D eigenvalue weighted by Crippen LogP contribution is 2.32. The summed E-state index contributed by atoms with van der Waals surface area (Å²) in [6.45, 7) is 1.96. The molecule has 2 aliphatic rings. The van der Waals surface area contributed by atoms with Crippen molar-refractivity contribution in [2.75, 3.05) is 13.1 Å². The SMILES string of the molecule is O=C(NC(C1CCCCC1)N1CCC(n2c(=O)[nH]c3ccccc32)CC1)OCc1ccccc1. The molecule has 7 heteroatoms. The lowest BCUT2D eigenvalue weighted by atomic mass is 9.85. The number of piperidine rings is 1. The van der Waals surface area contributed by atoms with Crippen LogP contribution in [-0.2, 0) is 11.3 Å². The maximum atomic E-state index is 12.7. The zero-order valence-electron chi connectivity index (χ0n) is 19.6. The van der Waals surface area contributed by atoms with E-state index < -0.39 is 0 Å². The van der Waals surface area contributed by atoms with Gasteiger partial charge in [0.25, 0.3) is 0 Å². The van der Waals surface area contributed by atoms with E-state index in [9.17, 15) is 9.59 Å². The zero-order chi connectivity index (χ0) is 23.3.